The number of aromatic nitrogens is 2. The number of hydrogen-bond acceptors (Lipinski definition) is 9. The maximum atomic E-state index is 13.3. The van der Waals surface area contributed by atoms with E-state index in [0.717, 1.165) is 18.7 Å². The van der Waals surface area contributed by atoms with E-state index in [4.69, 9.17) is 14.1 Å². The van der Waals surface area contributed by atoms with Crippen molar-refractivity contribution in [2.45, 2.75) is 38.0 Å². The van der Waals surface area contributed by atoms with Crippen LogP contribution in [0.5, 0.6) is 5.75 Å². The van der Waals surface area contributed by atoms with Gasteiger partial charge >= 0.3 is 14.0 Å². The number of hydroxylamine groups is 1. The molecule has 3 aromatic rings. The van der Waals surface area contributed by atoms with Crippen LogP contribution in [0.15, 0.2) is 48.5 Å². The number of alkyl halides is 3. The van der Waals surface area contributed by atoms with Crippen molar-refractivity contribution in [3.05, 3.63) is 65.5 Å². The number of phosphoric acid groups is 1. The predicted molar refractivity (Wildman–Crippen MR) is 145 cm³/mol. The third-order valence-electron chi connectivity index (χ3n) is 7.02. The number of ether oxygens (including phenoxy) is 2. The Balaban J connectivity index is 1.48. The maximum Gasteiger partial charge on any atom is 0.494 e. The van der Waals surface area contributed by atoms with Gasteiger partial charge in [-0.15, -0.1) is 10.2 Å². The molecule has 1 saturated heterocycles. The van der Waals surface area contributed by atoms with E-state index in [-0.39, 0.29) is 23.6 Å². The molecule has 1 spiro atoms. The van der Waals surface area contributed by atoms with Gasteiger partial charge in [-0.2, -0.15) is 22.9 Å². The molecule has 1 fully saturated rings. The van der Waals surface area contributed by atoms with Gasteiger partial charge in [0.05, 0.1) is 19.6 Å². The summed E-state index contributed by atoms with van der Waals surface area (Å²) >= 11 is 0. The second kappa shape index (κ2) is 11.7. The van der Waals surface area contributed by atoms with Crippen molar-refractivity contribution in [3.8, 4) is 16.9 Å². The van der Waals surface area contributed by atoms with E-state index >= 15 is 0 Å². The minimum atomic E-state index is -4.69. The first-order valence-corrected chi connectivity index (χ1v) is 14.4. The van der Waals surface area contributed by atoms with Crippen LogP contribution in [0.25, 0.3) is 11.1 Å². The van der Waals surface area contributed by atoms with E-state index in [1.807, 2.05) is 6.92 Å². The SMILES string of the molecule is COP(=O)(O)ON1C(=O)CC2(CCOCC2)Oc2cc(-c3cc(NC(=O)c4ccc(C(F)(F)F)nn4)ccc3C)ccc21. The Morgan fingerprint density at radius 3 is 2.51 bits per heavy atom. The zero-order valence-corrected chi connectivity index (χ0v) is 23.8. The molecule has 2 aromatic carbocycles. The number of nitrogens with zero attached hydrogens (tertiary/aromatic N) is 3. The van der Waals surface area contributed by atoms with Crippen LogP contribution in [0.3, 0.4) is 0 Å². The number of aryl methyl sites for hydroxylation is 1. The average Bonchev–Trinajstić information content (AvgIpc) is 3.07. The molecule has 1 atom stereocenters. The van der Waals surface area contributed by atoms with E-state index < -0.39 is 37.1 Å². The van der Waals surface area contributed by atoms with Crippen LogP contribution in [-0.2, 0) is 29.4 Å². The highest BCUT2D eigenvalue weighted by atomic mass is 31.2. The molecule has 2 aliphatic rings. The Hall–Kier alpha value is -3.88. The lowest BCUT2D eigenvalue weighted by Gasteiger charge is -2.35. The number of hydrogen-bond donors (Lipinski definition) is 2. The molecule has 43 heavy (non-hydrogen) atoms. The average molecular weight is 622 g/mol. The molecule has 3 heterocycles. The third-order valence-corrected chi connectivity index (χ3v) is 7.85. The minimum absolute atomic E-state index is 0.0893. The monoisotopic (exact) mass is 622 g/mol. The van der Waals surface area contributed by atoms with Gasteiger partial charge in [-0.1, -0.05) is 12.1 Å². The summed E-state index contributed by atoms with van der Waals surface area (Å²) in [5.41, 5.74) is -0.00164. The second-order valence-electron chi connectivity index (χ2n) is 9.96. The molecule has 2 amide bonds. The number of halogens is 3. The molecule has 228 valence electrons. The third kappa shape index (κ3) is 6.71. The van der Waals surface area contributed by atoms with E-state index in [2.05, 4.69) is 20.0 Å². The van der Waals surface area contributed by atoms with E-state index in [9.17, 15) is 32.2 Å². The van der Waals surface area contributed by atoms with Crippen LogP contribution < -0.4 is 15.1 Å². The van der Waals surface area contributed by atoms with Gasteiger partial charge in [0, 0.05) is 25.6 Å². The number of carbonyl (C=O) groups is 2. The topological polar surface area (TPSA) is 149 Å². The van der Waals surface area contributed by atoms with Gasteiger partial charge in [0.15, 0.2) is 11.4 Å². The minimum Gasteiger partial charge on any atom is -0.484 e. The van der Waals surface area contributed by atoms with Gasteiger partial charge < -0.3 is 19.7 Å². The van der Waals surface area contributed by atoms with Crippen molar-refractivity contribution in [2.24, 2.45) is 0 Å². The molecule has 0 saturated carbocycles. The first-order chi connectivity index (χ1) is 20.3. The summed E-state index contributed by atoms with van der Waals surface area (Å²) in [6, 6.07) is 11.4. The quantitative estimate of drug-likeness (QED) is 0.357. The molecule has 0 aliphatic carbocycles. The first kappa shape index (κ1) is 30.6. The summed E-state index contributed by atoms with van der Waals surface area (Å²) in [4.78, 5) is 35.9. The van der Waals surface area contributed by atoms with Crippen molar-refractivity contribution >= 4 is 31.0 Å². The number of nitrogens with one attached hydrogen (secondary N) is 1. The molecule has 12 nitrogen and oxygen atoms in total. The Kier molecular flexibility index (Phi) is 8.29. The van der Waals surface area contributed by atoms with Crippen molar-refractivity contribution in [2.75, 3.05) is 30.7 Å². The zero-order chi connectivity index (χ0) is 31.0. The second-order valence-corrected chi connectivity index (χ2v) is 11.4. The number of anilines is 2. The van der Waals surface area contributed by atoms with Gasteiger partial charge in [-0.25, -0.2) is 4.57 Å². The number of carbonyl (C=O) groups excluding carboxylic acids is 2. The summed E-state index contributed by atoms with van der Waals surface area (Å²) in [6.07, 6.45) is -4.04. The van der Waals surface area contributed by atoms with Crippen LogP contribution >= 0.6 is 7.82 Å². The lowest BCUT2D eigenvalue weighted by atomic mass is 9.90. The van der Waals surface area contributed by atoms with Crippen LogP contribution in [0, 0.1) is 6.92 Å². The molecule has 2 aliphatic heterocycles. The zero-order valence-electron chi connectivity index (χ0n) is 22.9. The van der Waals surface area contributed by atoms with Crippen LogP contribution in [0.1, 0.15) is 41.0 Å². The molecule has 16 heteroatoms. The number of amides is 2. The van der Waals surface area contributed by atoms with Crippen molar-refractivity contribution in [1.29, 1.82) is 0 Å². The molecule has 5 rings (SSSR count). The summed E-state index contributed by atoms with van der Waals surface area (Å²) in [7, 11) is -3.65. The lowest BCUT2D eigenvalue weighted by Crippen LogP contribution is -2.44. The lowest BCUT2D eigenvalue weighted by molar-refractivity contribution is -0.141. The predicted octanol–water partition coefficient (Wildman–Crippen LogP) is 5.07. The summed E-state index contributed by atoms with van der Waals surface area (Å²) in [5.74, 6) is -1.16. The fourth-order valence-corrected chi connectivity index (χ4v) is 5.19. The highest BCUT2D eigenvalue weighted by molar-refractivity contribution is 7.47. The Labute approximate surface area is 243 Å². The molecule has 2 N–H and O–H groups in total. The maximum absolute atomic E-state index is 13.3. The van der Waals surface area contributed by atoms with E-state index in [0.29, 0.717) is 54.0 Å². The molecule has 1 aromatic heterocycles. The van der Waals surface area contributed by atoms with Crippen LogP contribution in [0.4, 0.5) is 24.5 Å². The molecule has 0 bridgehead atoms. The van der Waals surface area contributed by atoms with Gasteiger partial charge in [-0.3, -0.25) is 14.1 Å². The van der Waals surface area contributed by atoms with Crippen molar-refractivity contribution in [3.63, 3.8) is 0 Å². The van der Waals surface area contributed by atoms with Gasteiger partial charge in [0.2, 0.25) is 0 Å². The fraction of sp³-hybridized carbons (Fsp3) is 0.333. The Bertz CT molecular complexity index is 1600. The number of rotatable bonds is 6. The van der Waals surface area contributed by atoms with Gasteiger partial charge in [-0.05, 0) is 60.0 Å². The highest BCUT2D eigenvalue weighted by Gasteiger charge is 2.44. The van der Waals surface area contributed by atoms with Gasteiger partial charge in [0.1, 0.15) is 17.0 Å². The van der Waals surface area contributed by atoms with Gasteiger partial charge in [0.25, 0.3) is 11.8 Å². The standard InChI is InChI=1S/C27H26F3N4O8P/c1-16-3-5-18(31-25(36)20-6-8-23(33-32-20)27(28,29)30)14-19(16)17-4-7-21-22(13-17)41-26(9-11-40-12-10-26)15-24(35)34(21)42-43(37,38)39-2/h3-8,13-14H,9-12,15H2,1-2H3,(H,31,36)(H,37,38). The summed E-state index contributed by atoms with van der Waals surface area (Å²) < 4.78 is 72.2. The van der Waals surface area contributed by atoms with Crippen LogP contribution in [-0.4, -0.2) is 52.8 Å². The normalized spacial score (nSPS) is 17.9. The Morgan fingerprint density at radius 2 is 1.86 bits per heavy atom. The smallest absolute Gasteiger partial charge is 0.484 e. The number of phosphoric ester groups is 1. The summed E-state index contributed by atoms with van der Waals surface area (Å²) in [6.45, 7) is 2.53. The molecule has 0 radical (unpaired) electrons. The fourth-order valence-electron chi connectivity index (χ4n) is 4.74. The number of fused-ring (bicyclic) bond motifs is 1. The Morgan fingerprint density at radius 1 is 1.12 bits per heavy atom. The van der Waals surface area contributed by atoms with E-state index in [1.165, 1.54) is 6.07 Å². The summed E-state index contributed by atoms with van der Waals surface area (Å²) in [5, 5.41) is 9.78. The highest BCUT2D eigenvalue weighted by Crippen LogP contribution is 2.49. The van der Waals surface area contributed by atoms with E-state index in [1.54, 1.807) is 30.3 Å². The first-order valence-electron chi connectivity index (χ1n) is 12.9. The van der Waals surface area contributed by atoms with Crippen molar-refractivity contribution < 1.29 is 50.8 Å². The van der Waals surface area contributed by atoms with Crippen LogP contribution in [0.2, 0.25) is 0 Å². The molecule has 1 unspecified atom stereocenters. The number of benzene rings is 2. The molecular weight excluding hydrogens is 596 g/mol. The molecular formula is C27H26F3N4O8P. The van der Waals surface area contributed by atoms with Crippen molar-refractivity contribution in [1.82, 2.24) is 10.2 Å². The largest absolute Gasteiger partial charge is 0.494 e.